The maximum absolute atomic E-state index is 12.7. The second kappa shape index (κ2) is 12.0. The zero-order chi connectivity index (χ0) is 26.4. The fraction of sp³-hybridized carbons (Fsp3) is 0.310. The Kier molecular flexibility index (Phi) is 8.79. The van der Waals surface area contributed by atoms with Crippen LogP contribution in [0.1, 0.15) is 36.0 Å². The van der Waals surface area contributed by atoms with Crippen molar-refractivity contribution in [2.24, 2.45) is 5.92 Å². The normalized spacial score (nSPS) is 22.1. The third kappa shape index (κ3) is 6.66. The Bertz CT molecular complexity index is 1260. The number of nitrogens with one attached hydrogen (secondary N) is 1. The maximum Gasteiger partial charge on any atom is 0.261 e. The van der Waals surface area contributed by atoms with Crippen LogP contribution in [-0.4, -0.2) is 44.7 Å². The third-order valence-corrected chi connectivity index (χ3v) is 7.94. The first-order chi connectivity index (χ1) is 17.8. The summed E-state index contributed by atoms with van der Waals surface area (Å²) in [7, 11) is -1.65. The minimum absolute atomic E-state index is 0.0115. The molecule has 0 amide bonds. The Hall–Kier alpha value is -3.01. The molecule has 0 spiro atoms. The molecule has 4 unspecified atom stereocenters. The Balaban J connectivity index is 1.56. The van der Waals surface area contributed by atoms with Gasteiger partial charge >= 0.3 is 0 Å². The van der Waals surface area contributed by atoms with Gasteiger partial charge in [-0.3, -0.25) is 4.72 Å². The summed E-state index contributed by atoms with van der Waals surface area (Å²) >= 11 is 0. The van der Waals surface area contributed by atoms with Gasteiger partial charge in [0.2, 0.25) is 0 Å². The Morgan fingerprint density at radius 1 is 0.973 bits per heavy atom. The topological polar surface area (TPSA) is 88.1 Å². The van der Waals surface area contributed by atoms with Gasteiger partial charge in [-0.15, -0.1) is 6.58 Å². The van der Waals surface area contributed by atoms with Crippen LogP contribution in [0.4, 0.5) is 5.69 Å². The molecule has 0 aliphatic carbocycles. The molecule has 0 aromatic heterocycles. The average molecular weight is 523 g/mol. The number of hydrogen-bond acceptors (Lipinski definition) is 6. The van der Waals surface area contributed by atoms with E-state index in [2.05, 4.69) is 23.1 Å². The van der Waals surface area contributed by atoms with Crippen molar-refractivity contribution in [3.05, 3.63) is 108 Å². The van der Waals surface area contributed by atoms with Gasteiger partial charge in [0.05, 0.1) is 23.7 Å². The van der Waals surface area contributed by atoms with Gasteiger partial charge in [0.25, 0.3) is 10.0 Å². The van der Waals surface area contributed by atoms with Crippen LogP contribution in [0.5, 0.6) is 0 Å². The number of sulfonamides is 1. The molecule has 4 atom stereocenters. The van der Waals surface area contributed by atoms with Crippen LogP contribution in [0.15, 0.2) is 96.4 Å². The monoisotopic (exact) mass is 522 g/mol. The first-order valence-corrected chi connectivity index (χ1v) is 13.8. The van der Waals surface area contributed by atoms with Crippen molar-refractivity contribution in [3.8, 4) is 0 Å². The highest BCUT2D eigenvalue weighted by Gasteiger charge is 2.38. The van der Waals surface area contributed by atoms with E-state index in [0.717, 1.165) is 23.2 Å². The lowest BCUT2D eigenvalue weighted by Gasteiger charge is -2.42. The molecule has 1 heterocycles. The number of likely N-dealkylation sites (N-methyl/N-ethyl adjacent to an activating group) is 1. The molecule has 1 fully saturated rings. The molecule has 0 saturated carbocycles. The third-order valence-electron chi connectivity index (χ3n) is 6.54. The van der Waals surface area contributed by atoms with Crippen molar-refractivity contribution in [2.45, 2.75) is 36.9 Å². The summed E-state index contributed by atoms with van der Waals surface area (Å²) in [5.41, 5.74) is 3.11. The van der Waals surface area contributed by atoms with E-state index < -0.39 is 16.3 Å². The Labute approximate surface area is 219 Å². The van der Waals surface area contributed by atoms with Gasteiger partial charge in [0.1, 0.15) is 0 Å². The molecule has 0 radical (unpaired) electrons. The zero-order valence-electron chi connectivity index (χ0n) is 21.2. The lowest BCUT2D eigenvalue weighted by atomic mass is 9.90. The standard InChI is InChI=1S/C29H34N2O5S/c1-4-18-31(3)19-27-21(2)28(23-12-10-22(20-32)11-13-23)36-29(35-27)24-14-16-25(17-15-24)30-37(33,34)26-8-6-5-7-9-26/h4-17,21,27-30,32H,1,18-20H2,2-3H3. The predicted octanol–water partition coefficient (Wildman–Crippen LogP) is 4.89. The fourth-order valence-electron chi connectivity index (χ4n) is 4.45. The van der Waals surface area contributed by atoms with Crippen LogP contribution in [-0.2, 0) is 26.1 Å². The number of ether oxygens (including phenoxy) is 2. The minimum atomic E-state index is -3.68. The molecule has 2 N–H and O–H groups in total. The molecule has 37 heavy (non-hydrogen) atoms. The van der Waals surface area contributed by atoms with Gasteiger partial charge in [0.15, 0.2) is 6.29 Å². The van der Waals surface area contributed by atoms with E-state index in [0.29, 0.717) is 12.2 Å². The lowest BCUT2D eigenvalue weighted by molar-refractivity contribution is -0.275. The predicted molar refractivity (Wildman–Crippen MR) is 144 cm³/mol. The smallest absolute Gasteiger partial charge is 0.261 e. The van der Waals surface area contributed by atoms with Gasteiger partial charge in [-0.1, -0.05) is 67.6 Å². The van der Waals surface area contributed by atoms with Crippen LogP contribution >= 0.6 is 0 Å². The first-order valence-electron chi connectivity index (χ1n) is 12.3. The van der Waals surface area contributed by atoms with Gasteiger partial charge in [-0.05, 0) is 42.4 Å². The number of aliphatic hydroxyl groups excluding tert-OH is 1. The number of nitrogens with zero attached hydrogens (tertiary/aromatic N) is 1. The van der Waals surface area contributed by atoms with Gasteiger partial charge in [0, 0.05) is 30.3 Å². The van der Waals surface area contributed by atoms with E-state index in [9.17, 15) is 13.5 Å². The summed E-state index contributed by atoms with van der Waals surface area (Å²) in [4.78, 5) is 2.36. The minimum Gasteiger partial charge on any atom is -0.392 e. The highest BCUT2D eigenvalue weighted by atomic mass is 32.2. The summed E-state index contributed by atoms with van der Waals surface area (Å²) in [5.74, 6) is 0.0699. The van der Waals surface area contributed by atoms with Crippen LogP contribution < -0.4 is 4.72 Å². The summed E-state index contributed by atoms with van der Waals surface area (Å²) in [6.07, 6.45) is 0.912. The molecular formula is C29H34N2O5S. The highest BCUT2D eigenvalue weighted by Crippen LogP contribution is 2.42. The molecule has 3 aromatic carbocycles. The summed E-state index contributed by atoms with van der Waals surface area (Å²) < 4.78 is 40.9. The first kappa shape index (κ1) is 27.0. The summed E-state index contributed by atoms with van der Waals surface area (Å²) in [6, 6.07) is 23.1. The molecule has 1 aliphatic heterocycles. The average Bonchev–Trinajstić information content (AvgIpc) is 2.91. The SMILES string of the molecule is C=CCN(C)CC1OC(c2ccc(NS(=O)(=O)c3ccccc3)cc2)OC(c2ccc(CO)cc2)C1C. The second-order valence-corrected chi connectivity index (χ2v) is 11.1. The summed E-state index contributed by atoms with van der Waals surface area (Å²) in [5, 5.41) is 9.42. The fourth-order valence-corrected chi connectivity index (χ4v) is 5.53. The molecule has 1 saturated heterocycles. The number of anilines is 1. The van der Waals surface area contributed by atoms with E-state index in [1.54, 1.807) is 42.5 Å². The van der Waals surface area contributed by atoms with Crippen molar-refractivity contribution < 1.29 is 23.0 Å². The maximum atomic E-state index is 12.7. The largest absolute Gasteiger partial charge is 0.392 e. The van der Waals surface area contributed by atoms with Crippen LogP contribution in [0.2, 0.25) is 0 Å². The van der Waals surface area contributed by atoms with Crippen molar-refractivity contribution in [1.82, 2.24) is 4.90 Å². The number of hydrogen-bond donors (Lipinski definition) is 2. The molecule has 0 bridgehead atoms. The van der Waals surface area contributed by atoms with Crippen LogP contribution in [0, 0.1) is 5.92 Å². The van der Waals surface area contributed by atoms with Crippen LogP contribution in [0.25, 0.3) is 0 Å². The van der Waals surface area contributed by atoms with Crippen molar-refractivity contribution in [3.63, 3.8) is 0 Å². The summed E-state index contributed by atoms with van der Waals surface area (Å²) in [6.45, 7) is 7.38. The molecule has 3 aromatic rings. The van der Waals surface area contributed by atoms with E-state index in [4.69, 9.17) is 9.47 Å². The van der Waals surface area contributed by atoms with Gasteiger partial charge in [-0.25, -0.2) is 8.42 Å². The Morgan fingerprint density at radius 2 is 1.62 bits per heavy atom. The second-order valence-electron chi connectivity index (χ2n) is 9.37. The molecule has 7 nitrogen and oxygen atoms in total. The molecular weight excluding hydrogens is 488 g/mol. The van der Waals surface area contributed by atoms with E-state index in [1.807, 2.05) is 49.5 Å². The van der Waals surface area contributed by atoms with Crippen molar-refractivity contribution >= 4 is 15.7 Å². The Morgan fingerprint density at radius 3 is 2.24 bits per heavy atom. The van der Waals surface area contributed by atoms with Gasteiger partial charge < -0.3 is 19.5 Å². The zero-order valence-corrected chi connectivity index (χ0v) is 22.0. The van der Waals surface area contributed by atoms with Crippen molar-refractivity contribution in [2.75, 3.05) is 24.9 Å². The highest BCUT2D eigenvalue weighted by molar-refractivity contribution is 7.92. The molecule has 8 heteroatoms. The quantitative estimate of drug-likeness (QED) is 0.369. The van der Waals surface area contributed by atoms with Crippen molar-refractivity contribution in [1.29, 1.82) is 0 Å². The van der Waals surface area contributed by atoms with E-state index in [-0.39, 0.29) is 29.6 Å². The molecule has 4 rings (SSSR count). The van der Waals surface area contributed by atoms with E-state index in [1.165, 1.54) is 0 Å². The van der Waals surface area contributed by atoms with Crippen LogP contribution in [0.3, 0.4) is 0 Å². The number of rotatable bonds is 10. The number of aliphatic hydroxyl groups is 1. The molecule has 1 aliphatic rings. The molecule has 196 valence electrons. The van der Waals surface area contributed by atoms with E-state index >= 15 is 0 Å². The van der Waals surface area contributed by atoms with Gasteiger partial charge in [-0.2, -0.15) is 0 Å². The number of benzene rings is 3. The lowest BCUT2D eigenvalue weighted by Crippen LogP contribution is -2.43.